The van der Waals surface area contributed by atoms with Crippen molar-refractivity contribution in [3.05, 3.63) is 0 Å². The Morgan fingerprint density at radius 1 is 1.04 bits per heavy atom. The zero-order valence-electron chi connectivity index (χ0n) is 16.5. The molecule has 0 aliphatic carbocycles. The number of carbonyl (C=O) groups is 3. The number of hydrogen-bond acceptors (Lipinski definition) is 5. The Balaban J connectivity index is 3.06. The molecule has 0 aromatic heterocycles. The molecule has 1 rings (SSSR count). The Morgan fingerprint density at radius 2 is 1.64 bits per heavy atom. The van der Waals surface area contributed by atoms with Crippen molar-refractivity contribution in [1.29, 1.82) is 0 Å². The summed E-state index contributed by atoms with van der Waals surface area (Å²) in [4.78, 5) is 37.3. The fourth-order valence-corrected chi connectivity index (χ4v) is 3.65. The second-order valence-electron chi connectivity index (χ2n) is 7.88. The van der Waals surface area contributed by atoms with Gasteiger partial charge in [0.05, 0.1) is 6.10 Å². The lowest BCUT2D eigenvalue weighted by molar-refractivity contribution is -0.160. The zero-order chi connectivity index (χ0) is 19.3. The first-order chi connectivity index (χ1) is 11.6. The minimum atomic E-state index is -0.889. The largest absolute Gasteiger partial charge is 0.462 e. The Kier molecular flexibility index (Phi) is 8.26. The van der Waals surface area contributed by atoms with E-state index in [4.69, 9.17) is 4.74 Å². The van der Waals surface area contributed by atoms with Crippen LogP contribution in [0, 0.1) is 29.6 Å². The molecule has 7 atom stereocenters. The van der Waals surface area contributed by atoms with E-state index in [2.05, 4.69) is 0 Å². The maximum Gasteiger partial charge on any atom is 0.316 e. The normalized spacial score (nSPS) is 39.6. The molecule has 25 heavy (non-hydrogen) atoms. The van der Waals surface area contributed by atoms with Gasteiger partial charge in [0.15, 0.2) is 5.78 Å². The van der Waals surface area contributed by atoms with Crippen LogP contribution in [0.1, 0.15) is 67.2 Å². The predicted octanol–water partition coefficient (Wildman–Crippen LogP) is 3.17. The van der Waals surface area contributed by atoms with Gasteiger partial charge >= 0.3 is 5.97 Å². The number of hydrogen-bond donors (Lipinski definition) is 1. The Morgan fingerprint density at radius 3 is 2.20 bits per heavy atom. The molecule has 5 heteroatoms. The van der Waals surface area contributed by atoms with Crippen molar-refractivity contribution in [2.75, 3.05) is 0 Å². The molecular formula is C20H34O5. The molecule has 0 aromatic rings. The molecule has 144 valence electrons. The summed E-state index contributed by atoms with van der Waals surface area (Å²) in [7, 11) is 0. The van der Waals surface area contributed by atoms with E-state index in [1.54, 1.807) is 13.8 Å². The summed E-state index contributed by atoms with van der Waals surface area (Å²) in [6, 6.07) is 0. The standard InChI is InChI=1S/C20H34O5/c1-7-17-13(4)10-12(3)16(21)9-8-11(2)18(22)14(5)19(23)15(6)20(24)25-17/h11-15,17-18,22H,7-10H2,1-6H3/t11-,12+,13+,14+,15+,17+,18-/m0/s1. The summed E-state index contributed by atoms with van der Waals surface area (Å²) < 4.78 is 5.58. The molecule has 5 nitrogen and oxygen atoms in total. The van der Waals surface area contributed by atoms with E-state index in [0.29, 0.717) is 25.7 Å². The fraction of sp³-hybridized carbons (Fsp3) is 0.850. The van der Waals surface area contributed by atoms with Gasteiger partial charge in [-0.15, -0.1) is 0 Å². The number of ketones is 2. The lowest BCUT2D eigenvalue weighted by Gasteiger charge is -2.29. The smallest absolute Gasteiger partial charge is 0.316 e. The molecule has 1 aliphatic heterocycles. The number of aliphatic hydroxyl groups is 1. The van der Waals surface area contributed by atoms with Crippen LogP contribution in [0.2, 0.25) is 0 Å². The number of Topliss-reactive ketones (excluding diaryl/α,β-unsaturated/α-hetero) is 2. The van der Waals surface area contributed by atoms with Gasteiger partial charge in [0, 0.05) is 18.3 Å². The van der Waals surface area contributed by atoms with Crippen LogP contribution >= 0.6 is 0 Å². The van der Waals surface area contributed by atoms with Gasteiger partial charge < -0.3 is 9.84 Å². The van der Waals surface area contributed by atoms with Crippen molar-refractivity contribution in [3.8, 4) is 0 Å². The molecule has 0 radical (unpaired) electrons. The van der Waals surface area contributed by atoms with E-state index in [0.717, 1.165) is 0 Å². The van der Waals surface area contributed by atoms with Crippen molar-refractivity contribution in [1.82, 2.24) is 0 Å². The third kappa shape index (κ3) is 5.63. The number of cyclic esters (lactones) is 1. The molecule has 0 spiro atoms. The van der Waals surface area contributed by atoms with Crippen LogP contribution in [0.4, 0.5) is 0 Å². The van der Waals surface area contributed by atoms with Gasteiger partial charge in [0.2, 0.25) is 0 Å². The molecule has 1 saturated heterocycles. The zero-order valence-corrected chi connectivity index (χ0v) is 16.5. The van der Waals surface area contributed by atoms with E-state index in [-0.39, 0.29) is 35.4 Å². The molecular weight excluding hydrogens is 320 g/mol. The molecule has 0 saturated carbocycles. The van der Waals surface area contributed by atoms with Crippen LogP contribution in [0.3, 0.4) is 0 Å². The number of esters is 1. The quantitative estimate of drug-likeness (QED) is 0.578. The van der Waals surface area contributed by atoms with Gasteiger partial charge in [-0.05, 0) is 38.0 Å². The van der Waals surface area contributed by atoms with Crippen LogP contribution in [0.5, 0.6) is 0 Å². The second-order valence-corrected chi connectivity index (χ2v) is 7.88. The molecule has 0 unspecified atom stereocenters. The number of carbonyl (C=O) groups excluding carboxylic acids is 3. The highest BCUT2D eigenvalue weighted by Gasteiger charge is 2.36. The summed E-state index contributed by atoms with van der Waals surface area (Å²) in [6.45, 7) is 10.9. The highest BCUT2D eigenvalue weighted by molar-refractivity contribution is 5.99. The Labute approximate surface area is 151 Å². The monoisotopic (exact) mass is 354 g/mol. The number of aliphatic hydroxyl groups excluding tert-OH is 1. The second kappa shape index (κ2) is 9.46. The summed E-state index contributed by atoms with van der Waals surface area (Å²) in [5.41, 5.74) is 0. The van der Waals surface area contributed by atoms with Crippen molar-refractivity contribution in [3.63, 3.8) is 0 Å². The third-order valence-corrected chi connectivity index (χ3v) is 5.75. The first-order valence-corrected chi connectivity index (χ1v) is 9.55. The van der Waals surface area contributed by atoms with E-state index < -0.39 is 23.9 Å². The van der Waals surface area contributed by atoms with E-state index in [1.165, 1.54) is 0 Å². The van der Waals surface area contributed by atoms with Gasteiger partial charge in [-0.1, -0.05) is 34.6 Å². The van der Waals surface area contributed by atoms with Gasteiger partial charge in [-0.3, -0.25) is 14.4 Å². The summed E-state index contributed by atoms with van der Waals surface area (Å²) in [5, 5.41) is 10.4. The van der Waals surface area contributed by atoms with Crippen LogP contribution in [0.15, 0.2) is 0 Å². The van der Waals surface area contributed by atoms with Crippen molar-refractivity contribution in [2.24, 2.45) is 29.6 Å². The third-order valence-electron chi connectivity index (χ3n) is 5.75. The van der Waals surface area contributed by atoms with Gasteiger partial charge in [-0.2, -0.15) is 0 Å². The predicted molar refractivity (Wildman–Crippen MR) is 95.9 cm³/mol. The van der Waals surface area contributed by atoms with Crippen LogP contribution in [-0.4, -0.2) is 34.9 Å². The lowest BCUT2D eigenvalue weighted by atomic mass is 9.81. The van der Waals surface area contributed by atoms with Crippen LogP contribution in [0.25, 0.3) is 0 Å². The van der Waals surface area contributed by atoms with Crippen molar-refractivity contribution < 1.29 is 24.2 Å². The van der Waals surface area contributed by atoms with Crippen molar-refractivity contribution in [2.45, 2.75) is 79.4 Å². The average molecular weight is 354 g/mol. The van der Waals surface area contributed by atoms with Crippen LogP contribution in [-0.2, 0) is 19.1 Å². The molecule has 0 amide bonds. The summed E-state index contributed by atoms with van der Waals surface area (Å²) in [5.74, 6) is -2.45. The summed E-state index contributed by atoms with van der Waals surface area (Å²) in [6.07, 6.45) is 1.07. The highest BCUT2D eigenvalue weighted by atomic mass is 16.5. The minimum Gasteiger partial charge on any atom is -0.462 e. The van der Waals surface area contributed by atoms with Gasteiger partial charge in [-0.25, -0.2) is 0 Å². The fourth-order valence-electron chi connectivity index (χ4n) is 3.65. The molecule has 1 aliphatic rings. The SMILES string of the molecule is CC[C@H]1OC(=O)[C@H](C)C(=O)[C@H](C)[C@@H](O)[C@@H](C)CCC(=O)[C@H](C)C[C@H]1C. The highest BCUT2D eigenvalue weighted by Crippen LogP contribution is 2.27. The average Bonchev–Trinajstić information content (AvgIpc) is 2.59. The molecule has 1 heterocycles. The topological polar surface area (TPSA) is 80.7 Å². The van der Waals surface area contributed by atoms with Crippen LogP contribution < -0.4 is 0 Å². The van der Waals surface area contributed by atoms with Crippen molar-refractivity contribution >= 4 is 17.5 Å². The maximum atomic E-state index is 12.5. The first kappa shape index (κ1) is 21.8. The van der Waals surface area contributed by atoms with E-state index in [9.17, 15) is 19.5 Å². The number of rotatable bonds is 1. The lowest BCUT2D eigenvalue weighted by Crippen LogP contribution is -2.39. The summed E-state index contributed by atoms with van der Waals surface area (Å²) >= 11 is 0. The molecule has 1 N–H and O–H groups in total. The number of ether oxygens (including phenoxy) is 1. The van der Waals surface area contributed by atoms with E-state index >= 15 is 0 Å². The Hall–Kier alpha value is -1.23. The van der Waals surface area contributed by atoms with Gasteiger partial charge in [0.1, 0.15) is 17.8 Å². The molecule has 1 fully saturated rings. The Bertz CT molecular complexity index is 486. The van der Waals surface area contributed by atoms with Gasteiger partial charge in [0.25, 0.3) is 0 Å². The molecule has 0 bridgehead atoms. The maximum absolute atomic E-state index is 12.5. The van der Waals surface area contributed by atoms with E-state index in [1.807, 2.05) is 27.7 Å². The minimum absolute atomic E-state index is 0.0542. The first-order valence-electron chi connectivity index (χ1n) is 9.55. The molecule has 0 aromatic carbocycles.